The van der Waals surface area contributed by atoms with Gasteiger partial charge in [-0.15, -0.1) is 0 Å². The third-order valence-corrected chi connectivity index (χ3v) is 18.9. The summed E-state index contributed by atoms with van der Waals surface area (Å²) >= 11 is 0. The lowest BCUT2D eigenvalue weighted by molar-refractivity contribution is -0.870. The van der Waals surface area contributed by atoms with Crippen molar-refractivity contribution in [1.29, 1.82) is 0 Å². The molecule has 0 bridgehead atoms. The largest absolute Gasteiger partial charge is 0.472 e. The fourth-order valence-corrected chi connectivity index (χ4v) is 12.6. The van der Waals surface area contributed by atoms with E-state index < -0.39 is 20.0 Å². The Balaban J connectivity index is 3.99. The summed E-state index contributed by atoms with van der Waals surface area (Å²) in [5, 5.41) is 14.0. The van der Waals surface area contributed by atoms with E-state index in [9.17, 15) is 19.4 Å². The number of hydrogen-bond acceptors (Lipinski definition) is 5. The molecular weight excluding hydrogens is 1120 g/mol. The predicted octanol–water partition coefficient (Wildman–Crippen LogP) is 25.5. The number of phosphoric acid groups is 1. The van der Waals surface area contributed by atoms with Crippen molar-refractivity contribution < 1.29 is 32.9 Å². The van der Waals surface area contributed by atoms with Gasteiger partial charge < -0.3 is 19.8 Å². The van der Waals surface area contributed by atoms with E-state index in [1.165, 1.54) is 321 Å². The Hall–Kier alpha value is -1.80. The molecule has 0 aliphatic rings. The van der Waals surface area contributed by atoms with Crippen molar-refractivity contribution in [3.05, 3.63) is 60.8 Å². The smallest absolute Gasteiger partial charge is 0.387 e. The first kappa shape index (κ1) is 87.2. The molecule has 8 nitrogen and oxygen atoms in total. The van der Waals surface area contributed by atoms with Gasteiger partial charge in [-0.2, -0.15) is 0 Å². The predicted molar refractivity (Wildman–Crippen MR) is 392 cm³/mol. The molecule has 0 aromatic rings. The van der Waals surface area contributed by atoms with Crippen molar-refractivity contribution in [3.63, 3.8) is 0 Å². The van der Waals surface area contributed by atoms with Crippen LogP contribution in [-0.4, -0.2) is 73.4 Å². The highest BCUT2D eigenvalue weighted by molar-refractivity contribution is 7.47. The number of likely N-dealkylation sites (N-methyl/N-ethyl adjacent to an activating group) is 1. The highest BCUT2D eigenvalue weighted by Crippen LogP contribution is 2.43. The number of aliphatic hydroxyl groups is 1. The molecule has 0 heterocycles. The third-order valence-electron chi connectivity index (χ3n) is 17.9. The minimum Gasteiger partial charge on any atom is -0.387 e. The maximum Gasteiger partial charge on any atom is 0.472 e. The Kier molecular flexibility index (Phi) is 69.1. The number of allylic oxidation sites excluding steroid dienone is 9. The summed E-state index contributed by atoms with van der Waals surface area (Å²) in [7, 11) is 1.56. The lowest BCUT2D eigenvalue weighted by atomic mass is 10.0. The van der Waals surface area contributed by atoms with Crippen LogP contribution in [0.25, 0.3) is 0 Å². The second kappa shape index (κ2) is 70.5. The second-order valence-electron chi connectivity index (χ2n) is 28.1. The number of nitrogens with zero attached hydrogens (tertiary/aromatic N) is 1. The number of phosphoric ester groups is 1. The molecule has 9 heteroatoms. The van der Waals surface area contributed by atoms with Crippen LogP contribution in [0.4, 0.5) is 0 Å². The normalized spacial score (nSPS) is 13.8. The molecule has 524 valence electrons. The molecule has 0 saturated carbocycles. The van der Waals surface area contributed by atoms with Crippen molar-refractivity contribution in [3.8, 4) is 0 Å². The summed E-state index contributed by atoms with van der Waals surface area (Å²) in [4.78, 5) is 23.5. The Morgan fingerprint density at radius 2 is 0.652 bits per heavy atom. The molecular formula is C80H154N2O6P+. The topological polar surface area (TPSA) is 105 Å². The molecule has 0 saturated heterocycles. The zero-order valence-electron chi connectivity index (χ0n) is 60.2. The van der Waals surface area contributed by atoms with Crippen LogP contribution in [0.2, 0.25) is 0 Å². The van der Waals surface area contributed by atoms with Gasteiger partial charge in [-0.25, -0.2) is 4.57 Å². The van der Waals surface area contributed by atoms with Crippen LogP contribution in [0.5, 0.6) is 0 Å². The summed E-state index contributed by atoms with van der Waals surface area (Å²) in [6.07, 6.45) is 98.5. The highest BCUT2D eigenvalue weighted by Gasteiger charge is 2.28. The number of nitrogens with one attached hydrogen (secondary N) is 1. The zero-order chi connectivity index (χ0) is 64.8. The minimum absolute atomic E-state index is 0.0543. The van der Waals surface area contributed by atoms with Gasteiger partial charge in [0.05, 0.1) is 39.9 Å². The van der Waals surface area contributed by atoms with Crippen LogP contribution in [0.3, 0.4) is 0 Å². The summed E-state index contributed by atoms with van der Waals surface area (Å²) in [5.74, 6) is -0.184. The first-order valence-electron chi connectivity index (χ1n) is 39.2. The van der Waals surface area contributed by atoms with Gasteiger partial charge in [0.1, 0.15) is 13.2 Å². The lowest BCUT2D eigenvalue weighted by Crippen LogP contribution is -2.45. The monoisotopic (exact) mass is 1270 g/mol. The maximum absolute atomic E-state index is 13.1. The number of aliphatic hydroxyl groups excluding tert-OH is 1. The fourth-order valence-electron chi connectivity index (χ4n) is 11.9. The first-order valence-corrected chi connectivity index (χ1v) is 40.7. The van der Waals surface area contributed by atoms with E-state index in [0.29, 0.717) is 17.4 Å². The van der Waals surface area contributed by atoms with Gasteiger partial charge in [0.25, 0.3) is 0 Å². The molecule has 0 radical (unpaired) electrons. The zero-order valence-corrected chi connectivity index (χ0v) is 61.1. The molecule has 3 unspecified atom stereocenters. The average molecular weight is 1270 g/mol. The summed E-state index contributed by atoms with van der Waals surface area (Å²) in [6, 6.07) is -0.872. The maximum atomic E-state index is 13.1. The number of hydrogen-bond donors (Lipinski definition) is 3. The van der Waals surface area contributed by atoms with Gasteiger partial charge in [0, 0.05) is 6.42 Å². The van der Waals surface area contributed by atoms with Crippen molar-refractivity contribution >= 4 is 13.7 Å². The van der Waals surface area contributed by atoms with Crippen LogP contribution in [0, 0.1) is 0 Å². The molecule has 1 amide bonds. The minimum atomic E-state index is -4.37. The molecule has 0 rings (SSSR count). The van der Waals surface area contributed by atoms with E-state index in [1.807, 2.05) is 27.2 Å². The molecule has 0 spiro atoms. The number of amides is 1. The van der Waals surface area contributed by atoms with Gasteiger partial charge in [-0.3, -0.25) is 13.8 Å². The molecule has 0 aliphatic heterocycles. The first-order chi connectivity index (χ1) is 43.5. The Morgan fingerprint density at radius 1 is 0.382 bits per heavy atom. The van der Waals surface area contributed by atoms with Crippen LogP contribution < -0.4 is 5.32 Å². The van der Waals surface area contributed by atoms with E-state index in [1.54, 1.807) is 6.08 Å². The number of carbonyl (C=O) groups excluding carboxylic acids is 1. The quantitative estimate of drug-likeness (QED) is 0.0243. The fraction of sp³-hybridized carbons (Fsp3) is 0.863. The van der Waals surface area contributed by atoms with Gasteiger partial charge in [0.2, 0.25) is 5.91 Å². The summed E-state index contributed by atoms with van der Waals surface area (Å²) in [6.45, 7) is 4.83. The Bertz CT molecular complexity index is 1640. The molecule has 0 aliphatic carbocycles. The lowest BCUT2D eigenvalue weighted by Gasteiger charge is -2.25. The van der Waals surface area contributed by atoms with Crippen LogP contribution >= 0.6 is 7.82 Å². The molecule has 0 aromatic heterocycles. The highest BCUT2D eigenvalue weighted by atomic mass is 31.2. The molecule has 0 aromatic carbocycles. The van der Waals surface area contributed by atoms with Crippen molar-refractivity contribution in [2.24, 2.45) is 0 Å². The average Bonchev–Trinajstić information content (AvgIpc) is 3.55. The SMILES string of the molecule is CCCCCCC/C=C\C/C=C\CCCCCCCCCCCCCCCCCCCCCCCCCCCCCC(=O)NC(COP(=O)(O)OCC[N+](C)(C)C)C(O)/C=C/CC/C=C/CC/C=C/CCCCCCCCCCCCCCCCCCCC. The second-order valence-corrected chi connectivity index (χ2v) is 29.5. The van der Waals surface area contributed by atoms with Crippen LogP contribution in [-0.2, 0) is 18.4 Å². The van der Waals surface area contributed by atoms with E-state index in [2.05, 4.69) is 67.8 Å². The van der Waals surface area contributed by atoms with Crippen molar-refractivity contribution in [2.45, 2.75) is 405 Å². The summed E-state index contributed by atoms with van der Waals surface area (Å²) < 4.78 is 23.8. The molecule has 0 fully saturated rings. The number of quaternary nitrogens is 1. The Morgan fingerprint density at radius 3 is 0.966 bits per heavy atom. The van der Waals surface area contributed by atoms with E-state index >= 15 is 0 Å². The van der Waals surface area contributed by atoms with E-state index in [-0.39, 0.29) is 19.1 Å². The van der Waals surface area contributed by atoms with Crippen molar-refractivity contribution in [1.82, 2.24) is 5.32 Å². The Labute approximate surface area is 555 Å². The van der Waals surface area contributed by atoms with E-state index in [4.69, 9.17) is 9.05 Å². The third kappa shape index (κ3) is 73.5. The van der Waals surface area contributed by atoms with Gasteiger partial charge in [-0.1, -0.05) is 370 Å². The summed E-state index contributed by atoms with van der Waals surface area (Å²) in [5.41, 5.74) is 0. The van der Waals surface area contributed by atoms with Crippen LogP contribution in [0.15, 0.2) is 60.8 Å². The molecule has 3 N–H and O–H groups in total. The standard InChI is InChI=1S/C80H153N2O6P/c1-6-8-10-12-14-16-18-20-22-24-26-28-30-32-34-36-37-38-39-40-41-42-43-44-45-46-48-50-52-54-56-58-60-62-64-66-68-70-72-74-80(84)81-78(77-88-89(85,86)87-76-75-82(3,4)5)79(83)73-71-69-67-65-63-61-59-57-55-53-51-49-47-35-33-31-29-27-25-23-21-19-17-15-13-11-9-7-2/h18,20,24,26,55,57,63,65,71,73,78-79,83H,6-17,19,21-23,25,27-54,56,58-62,64,66-70,72,74-77H2,1-5H3,(H-,81,84,85,86)/p+1/b20-18-,26-24-,57-55+,65-63+,73-71+. The van der Waals surface area contributed by atoms with Crippen molar-refractivity contribution in [2.75, 3.05) is 40.9 Å². The number of unbranched alkanes of at least 4 members (excludes halogenated alkanes) is 52. The van der Waals surface area contributed by atoms with Gasteiger partial charge in [-0.05, 0) is 77.0 Å². The molecule has 89 heavy (non-hydrogen) atoms. The van der Waals surface area contributed by atoms with E-state index in [0.717, 1.165) is 51.4 Å². The van der Waals surface area contributed by atoms with Gasteiger partial charge >= 0.3 is 7.82 Å². The molecule has 3 atom stereocenters. The number of rotatable bonds is 73. The van der Waals surface area contributed by atoms with Crippen LogP contribution in [0.1, 0.15) is 393 Å². The van der Waals surface area contributed by atoms with Gasteiger partial charge in [0.15, 0.2) is 0 Å². The number of carbonyl (C=O) groups is 1.